The molecule has 40 heavy (non-hydrogen) atoms. The maximum atomic E-state index is 13.9. The Balaban J connectivity index is 1.56. The summed E-state index contributed by atoms with van der Waals surface area (Å²) in [6, 6.07) is 2.62. The number of carbonyl (C=O) groups excluding carboxylic acids is 3. The van der Waals surface area contributed by atoms with Gasteiger partial charge in [0.25, 0.3) is 0 Å². The number of nitrogens with zero attached hydrogens (tertiary/aromatic N) is 2. The third kappa shape index (κ3) is 5.30. The van der Waals surface area contributed by atoms with E-state index in [9.17, 15) is 34.8 Å². The summed E-state index contributed by atoms with van der Waals surface area (Å²) in [6.07, 6.45) is 4.54. The molecule has 0 unspecified atom stereocenters. The van der Waals surface area contributed by atoms with E-state index < -0.39 is 59.7 Å². The molecule has 5 rings (SSSR count). The highest BCUT2D eigenvalue weighted by atomic mass is 16.3. The summed E-state index contributed by atoms with van der Waals surface area (Å²) >= 11 is 0. The van der Waals surface area contributed by atoms with Crippen molar-refractivity contribution in [2.75, 3.05) is 33.8 Å². The fraction of sp³-hybridized carbons (Fsp3) is 0.633. The van der Waals surface area contributed by atoms with Crippen LogP contribution < -0.4 is 5.73 Å². The SMILES string of the molecule is CN(C)[C@H](CO)[C@@H]1C[C@@H]2Cc3c(CN(CC4CC4)CC4CC4)ccc(O)c3C(=O)C2=C(O)[C@]1(O)C(=O)CC(N)=O. The number of phenols is 1. The van der Waals surface area contributed by atoms with Crippen molar-refractivity contribution in [3.8, 4) is 5.75 Å². The Labute approximate surface area is 234 Å². The largest absolute Gasteiger partial charge is 0.508 e. The molecule has 0 heterocycles. The number of aliphatic hydroxyl groups excluding tert-OH is 2. The van der Waals surface area contributed by atoms with Crippen molar-refractivity contribution in [2.24, 2.45) is 29.4 Å². The predicted molar refractivity (Wildman–Crippen MR) is 146 cm³/mol. The molecule has 6 N–H and O–H groups in total. The number of benzene rings is 1. The smallest absolute Gasteiger partial charge is 0.225 e. The van der Waals surface area contributed by atoms with Crippen LogP contribution in [0.4, 0.5) is 0 Å². The van der Waals surface area contributed by atoms with Gasteiger partial charge in [0, 0.05) is 37.2 Å². The number of amides is 1. The number of hydrogen-bond acceptors (Lipinski definition) is 9. The Kier molecular flexibility index (Phi) is 7.82. The Hall–Kier alpha value is -2.79. The Bertz CT molecular complexity index is 1220. The Morgan fingerprint density at radius 2 is 1.73 bits per heavy atom. The fourth-order valence-electron chi connectivity index (χ4n) is 6.84. The number of ketones is 2. The third-order valence-electron chi connectivity index (χ3n) is 9.30. The first kappa shape index (κ1) is 28.7. The number of carbonyl (C=O) groups is 3. The van der Waals surface area contributed by atoms with Crippen LogP contribution >= 0.6 is 0 Å². The molecule has 0 spiro atoms. The van der Waals surface area contributed by atoms with Gasteiger partial charge >= 0.3 is 0 Å². The van der Waals surface area contributed by atoms with Gasteiger partial charge in [-0.3, -0.25) is 19.3 Å². The lowest BCUT2D eigenvalue weighted by Gasteiger charge is -2.47. The van der Waals surface area contributed by atoms with E-state index in [1.54, 1.807) is 19.0 Å². The van der Waals surface area contributed by atoms with Crippen LogP contribution in [0.1, 0.15) is 60.0 Å². The molecule has 10 heteroatoms. The monoisotopic (exact) mass is 555 g/mol. The van der Waals surface area contributed by atoms with Crippen molar-refractivity contribution >= 4 is 17.5 Å². The third-order valence-corrected chi connectivity index (χ3v) is 9.30. The van der Waals surface area contributed by atoms with E-state index in [0.29, 0.717) is 24.8 Å². The van der Waals surface area contributed by atoms with Gasteiger partial charge in [-0.2, -0.15) is 0 Å². The molecule has 0 radical (unpaired) electrons. The van der Waals surface area contributed by atoms with E-state index in [1.165, 1.54) is 31.7 Å². The maximum Gasteiger partial charge on any atom is 0.225 e. The van der Waals surface area contributed by atoms with Crippen molar-refractivity contribution in [3.63, 3.8) is 0 Å². The van der Waals surface area contributed by atoms with Crippen LogP contribution in [-0.4, -0.2) is 93.1 Å². The minimum atomic E-state index is -2.59. The number of nitrogens with two attached hydrogens (primary N) is 1. The number of fused-ring (bicyclic) bond motifs is 2. The minimum Gasteiger partial charge on any atom is -0.508 e. The Morgan fingerprint density at radius 1 is 1.10 bits per heavy atom. The van der Waals surface area contributed by atoms with Gasteiger partial charge in [-0.05, 0) is 87.6 Å². The van der Waals surface area contributed by atoms with Gasteiger partial charge < -0.3 is 31.1 Å². The molecule has 0 saturated heterocycles. The molecule has 4 aliphatic rings. The molecule has 1 amide bonds. The number of likely N-dealkylation sites (N-methyl/N-ethyl adjacent to an activating group) is 1. The topological polar surface area (TPSA) is 165 Å². The number of primary amides is 1. The lowest BCUT2D eigenvalue weighted by atomic mass is 9.61. The number of Topliss-reactive ketones (excluding diaryl/α,β-unsaturated/α-hetero) is 2. The van der Waals surface area contributed by atoms with E-state index in [1.807, 2.05) is 6.07 Å². The molecule has 218 valence electrons. The van der Waals surface area contributed by atoms with E-state index in [2.05, 4.69) is 4.90 Å². The second kappa shape index (κ2) is 10.9. The molecule has 0 aromatic heterocycles. The standard InChI is InChI=1S/C30H41N3O7/c1-32(2)22(15-34)21-10-19-9-20-18(14-33(12-16-3-4-16)13-17-5-6-17)7-8-23(35)27(20)28(38)26(19)29(39)30(21,40)24(36)11-25(31)37/h7-8,16-17,19,21-22,34-35,39-40H,3-6,9-15H2,1-2H3,(H2,31,37)/t19-,21-,22+,30+/m0/s1. The molecule has 2 saturated carbocycles. The molecule has 10 nitrogen and oxygen atoms in total. The van der Waals surface area contributed by atoms with Gasteiger partial charge in [0.15, 0.2) is 17.2 Å². The number of hydrogen-bond donors (Lipinski definition) is 5. The average Bonchev–Trinajstić information content (AvgIpc) is 3.81. The normalized spacial score (nSPS) is 27.1. The molecule has 4 atom stereocenters. The first-order valence-corrected chi connectivity index (χ1v) is 14.3. The average molecular weight is 556 g/mol. The summed E-state index contributed by atoms with van der Waals surface area (Å²) in [4.78, 5) is 42.9. The number of rotatable bonds is 12. The van der Waals surface area contributed by atoms with E-state index in [0.717, 1.165) is 24.2 Å². The summed E-state index contributed by atoms with van der Waals surface area (Å²) in [6.45, 7) is 2.25. The number of phenolic OH excluding ortho intramolecular Hbond substituents is 1. The fourth-order valence-corrected chi connectivity index (χ4v) is 6.84. The van der Waals surface area contributed by atoms with E-state index in [-0.39, 0.29) is 23.3 Å². The second-order valence-electron chi connectivity index (χ2n) is 12.6. The zero-order valence-electron chi connectivity index (χ0n) is 23.3. The molecule has 1 aromatic carbocycles. The van der Waals surface area contributed by atoms with Crippen LogP contribution in [0.15, 0.2) is 23.5 Å². The van der Waals surface area contributed by atoms with Gasteiger partial charge in [-0.1, -0.05) is 6.07 Å². The molecule has 0 aliphatic heterocycles. The molecular weight excluding hydrogens is 514 g/mol. The number of allylic oxidation sites excluding steroid dienone is 1. The molecule has 1 aromatic rings. The van der Waals surface area contributed by atoms with Crippen molar-refractivity contribution in [2.45, 2.75) is 63.1 Å². The molecule has 2 fully saturated rings. The summed E-state index contributed by atoms with van der Waals surface area (Å²) in [7, 11) is 3.36. The molecular formula is C30H41N3O7. The van der Waals surface area contributed by atoms with Crippen molar-refractivity contribution in [1.29, 1.82) is 0 Å². The van der Waals surface area contributed by atoms with Gasteiger partial charge in [0.2, 0.25) is 5.91 Å². The highest BCUT2D eigenvalue weighted by molar-refractivity contribution is 6.15. The zero-order valence-corrected chi connectivity index (χ0v) is 23.3. The minimum absolute atomic E-state index is 0.0857. The van der Waals surface area contributed by atoms with Crippen molar-refractivity contribution in [3.05, 3.63) is 40.2 Å². The number of aromatic hydroxyl groups is 1. The van der Waals surface area contributed by atoms with E-state index in [4.69, 9.17) is 5.73 Å². The lowest BCUT2D eigenvalue weighted by molar-refractivity contribution is -0.151. The summed E-state index contributed by atoms with van der Waals surface area (Å²) < 4.78 is 0. The van der Waals surface area contributed by atoms with Crippen LogP contribution in [0, 0.1) is 23.7 Å². The Morgan fingerprint density at radius 3 is 2.25 bits per heavy atom. The van der Waals surface area contributed by atoms with Gasteiger partial charge in [0.05, 0.1) is 18.6 Å². The highest BCUT2D eigenvalue weighted by Crippen LogP contribution is 2.49. The second-order valence-corrected chi connectivity index (χ2v) is 12.6. The van der Waals surface area contributed by atoms with Gasteiger partial charge in [0.1, 0.15) is 11.5 Å². The van der Waals surface area contributed by atoms with Crippen LogP contribution in [0.3, 0.4) is 0 Å². The van der Waals surface area contributed by atoms with Crippen LogP contribution in [0.2, 0.25) is 0 Å². The highest BCUT2D eigenvalue weighted by Gasteiger charge is 2.58. The summed E-state index contributed by atoms with van der Waals surface area (Å²) in [5, 5.41) is 44.3. The van der Waals surface area contributed by atoms with Crippen LogP contribution in [0.25, 0.3) is 0 Å². The lowest BCUT2D eigenvalue weighted by Crippen LogP contribution is -2.60. The summed E-state index contributed by atoms with van der Waals surface area (Å²) in [5.74, 6) is -3.82. The number of aliphatic hydroxyl groups is 3. The van der Waals surface area contributed by atoms with Crippen molar-refractivity contribution < 1.29 is 34.8 Å². The van der Waals surface area contributed by atoms with Crippen LogP contribution in [-0.2, 0) is 22.6 Å². The quantitative estimate of drug-likeness (QED) is 0.239. The first-order valence-electron chi connectivity index (χ1n) is 14.3. The van der Waals surface area contributed by atoms with E-state index >= 15 is 0 Å². The predicted octanol–water partition coefficient (Wildman–Crippen LogP) is 1.30. The zero-order chi connectivity index (χ0) is 28.9. The van der Waals surface area contributed by atoms with Crippen molar-refractivity contribution in [1.82, 2.24) is 9.80 Å². The molecule has 4 aliphatic carbocycles. The van der Waals surface area contributed by atoms with Gasteiger partial charge in [-0.15, -0.1) is 0 Å². The maximum absolute atomic E-state index is 13.9. The first-order chi connectivity index (χ1) is 18.9. The summed E-state index contributed by atoms with van der Waals surface area (Å²) in [5.41, 5.74) is 4.30. The molecule has 0 bridgehead atoms. The van der Waals surface area contributed by atoms with Gasteiger partial charge in [-0.25, -0.2) is 0 Å². The van der Waals surface area contributed by atoms with Crippen LogP contribution in [0.5, 0.6) is 5.75 Å².